The molecule has 104 valence electrons. The van der Waals surface area contributed by atoms with E-state index in [-0.39, 0.29) is 18.0 Å². The zero-order valence-corrected chi connectivity index (χ0v) is 12.0. The molecule has 2 heterocycles. The maximum absolute atomic E-state index is 12.1. The van der Waals surface area contributed by atoms with Gasteiger partial charge in [0.25, 0.3) is 0 Å². The van der Waals surface area contributed by atoms with Gasteiger partial charge in [0, 0.05) is 23.8 Å². The Morgan fingerprint density at radius 2 is 2.32 bits per heavy atom. The minimum absolute atomic E-state index is 0.161. The molecular formula is C11H15N3O3S2. The fraction of sp³-hybridized carbons (Fsp3) is 0.364. The zero-order chi connectivity index (χ0) is 13.9. The SMILES string of the molecule is CCn1cc(S(=O)(=O)NCc2cscn2)cc1CO. The Kier molecular flexibility index (Phi) is 4.35. The number of aryl methyl sites for hydroxylation is 1. The van der Waals surface area contributed by atoms with Crippen LogP contribution in [-0.4, -0.2) is 23.1 Å². The number of aromatic nitrogens is 2. The summed E-state index contributed by atoms with van der Waals surface area (Å²) in [6.07, 6.45) is 1.52. The summed E-state index contributed by atoms with van der Waals surface area (Å²) in [4.78, 5) is 4.18. The third-order valence-electron chi connectivity index (χ3n) is 2.70. The molecule has 2 rings (SSSR count). The van der Waals surface area contributed by atoms with E-state index in [0.29, 0.717) is 17.9 Å². The van der Waals surface area contributed by atoms with Crippen molar-refractivity contribution in [1.82, 2.24) is 14.3 Å². The van der Waals surface area contributed by atoms with Gasteiger partial charge >= 0.3 is 0 Å². The van der Waals surface area contributed by atoms with Crippen LogP contribution in [0.15, 0.2) is 28.0 Å². The molecule has 2 aromatic rings. The molecule has 0 radical (unpaired) electrons. The predicted molar refractivity (Wildman–Crippen MR) is 72.2 cm³/mol. The largest absolute Gasteiger partial charge is 0.390 e. The normalized spacial score (nSPS) is 11.9. The molecule has 6 nitrogen and oxygen atoms in total. The summed E-state index contributed by atoms with van der Waals surface area (Å²) in [5.41, 5.74) is 2.92. The van der Waals surface area contributed by atoms with E-state index >= 15 is 0 Å². The number of thiazole rings is 1. The first-order valence-electron chi connectivity index (χ1n) is 5.73. The molecule has 0 fully saturated rings. The highest BCUT2D eigenvalue weighted by Gasteiger charge is 2.17. The Labute approximate surface area is 115 Å². The molecule has 19 heavy (non-hydrogen) atoms. The van der Waals surface area contributed by atoms with E-state index in [1.807, 2.05) is 6.92 Å². The van der Waals surface area contributed by atoms with Crippen molar-refractivity contribution in [2.45, 2.75) is 31.5 Å². The molecule has 0 aliphatic heterocycles. The second kappa shape index (κ2) is 5.83. The van der Waals surface area contributed by atoms with Crippen molar-refractivity contribution in [2.75, 3.05) is 0 Å². The summed E-state index contributed by atoms with van der Waals surface area (Å²) in [6.45, 7) is 2.48. The van der Waals surface area contributed by atoms with Crippen LogP contribution < -0.4 is 4.72 Å². The molecule has 0 saturated carbocycles. The molecule has 0 saturated heterocycles. The van der Waals surface area contributed by atoms with Crippen LogP contribution in [0.5, 0.6) is 0 Å². The minimum atomic E-state index is -3.58. The maximum atomic E-state index is 12.1. The molecule has 0 amide bonds. The number of nitrogens with one attached hydrogen (secondary N) is 1. The zero-order valence-electron chi connectivity index (χ0n) is 10.4. The summed E-state index contributed by atoms with van der Waals surface area (Å²) in [5, 5.41) is 11.0. The summed E-state index contributed by atoms with van der Waals surface area (Å²) in [6, 6.07) is 1.48. The standard InChI is InChI=1S/C11H15N3O3S2/c1-2-14-5-11(3-10(14)6-15)19(16,17)13-4-9-7-18-8-12-9/h3,5,7-8,13,15H,2,4,6H2,1H3. The summed E-state index contributed by atoms with van der Waals surface area (Å²) < 4.78 is 28.4. The van der Waals surface area contributed by atoms with Gasteiger partial charge in [-0.15, -0.1) is 11.3 Å². The number of aliphatic hydroxyl groups excluding tert-OH is 1. The third-order valence-corrected chi connectivity index (χ3v) is 4.70. The molecule has 0 bridgehead atoms. The molecule has 2 aromatic heterocycles. The van der Waals surface area contributed by atoms with Crippen LogP contribution in [-0.2, 0) is 29.7 Å². The van der Waals surface area contributed by atoms with Gasteiger partial charge in [0.2, 0.25) is 10.0 Å². The second-order valence-electron chi connectivity index (χ2n) is 3.92. The van der Waals surface area contributed by atoms with E-state index in [1.54, 1.807) is 15.5 Å². The van der Waals surface area contributed by atoms with Crippen molar-refractivity contribution in [3.05, 3.63) is 34.5 Å². The van der Waals surface area contributed by atoms with Gasteiger partial charge in [-0.05, 0) is 13.0 Å². The van der Waals surface area contributed by atoms with Crippen LogP contribution in [0.25, 0.3) is 0 Å². The summed E-state index contributed by atoms with van der Waals surface area (Å²) in [5.74, 6) is 0. The van der Waals surface area contributed by atoms with E-state index in [4.69, 9.17) is 5.11 Å². The number of rotatable bonds is 6. The highest BCUT2D eigenvalue weighted by atomic mass is 32.2. The predicted octanol–water partition coefficient (Wildman–Crippen LogP) is 0.935. The maximum Gasteiger partial charge on any atom is 0.242 e. The molecule has 8 heteroatoms. The molecular weight excluding hydrogens is 286 g/mol. The van der Waals surface area contributed by atoms with Gasteiger partial charge in [0.15, 0.2) is 0 Å². The lowest BCUT2D eigenvalue weighted by molar-refractivity contribution is 0.271. The highest BCUT2D eigenvalue weighted by Crippen LogP contribution is 2.15. The van der Waals surface area contributed by atoms with Crippen molar-refractivity contribution >= 4 is 21.4 Å². The van der Waals surface area contributed by atoms with Gasteiger partial charge in [-0.1, -0.05) is 0 Å². The Hall–Kier alpha value is -1.22. The van der Waals surface area contributed by atoms with Crippen molar-refractivity contribution in [3.8, 4) is 0 Å². The van der Waals surface area contributed by atoms with Gasteiger partial charge in [-0.3, -0.25) is 0 Å². The topological polar surface area (TPSA) is 84.2 Å². The monoisotopic (exact) mass is 301 g/mol. The molecule has 0 aromatic carbocycles. The third kappa shape index (κ3) is 3.21. The Balaban J connectivity index is 2.17. The van der Waals surface area contributed by atoms with Crippen LogP contribution in [0.2, 0.25) is 0 Å². The van der Waals surface area contributed by atoms with E-state index in [9.17, 15) is 8.42 Å². The van der Waals surface area contributed by atoms with E-state index in [1.165, 1.54) is 23.6 Å². The first-order chi connectivity index (χ1) is 9.06. The number of nitrogens with zero attached hydrogens (tertiary/aromatic N) is 2. The molecule has 0 atom stereocenters. The fourth-order valence-electron chi connectivity index (χ4n) is 1.68. The molecule has 0 unspecified atom stereocenters. The number of sulfonamides is 1. The highest BCUT2D eigenvalue weighted by molar-refractivity contribution is 7.89. The van der Waals surface area contributed by atoms with Crippen LogP contribution in [0.4, 0.5) is 0 Å². The van der Waals surface area contributed by atoms with Crippen LogP contribution in [0.3, 0.4) is 0 Å². The first-order valence-corrected chi connectivity index (χ1v) is 8.16. The number of hydrogen-bond acceptors (Lipinski definition) is 5. The molecule has 0 aliphatic carbocycles. The number of hydrogen-bond donors (Lipinski definition) is 2. The lowest BCUT2D eigenvalue weighted by Gasteiger charge is -2.02. The Bertz CT molecular complexity index is 611. The quantitative estimate of drug-likeness (QED) is 0.831. The summed E-state index contributed by atoms with van der Waals surface area (Å²) in [7, 11) is -3.58. The van der Waals surface area contributed by atoms with Gasteiger partial charge in [0.1, 0.15) is 0 Å². The smallest absolute Gasteiger partial charge is 0.242 e. The molecule has 2 N–H and O–H groups in total. The minimum Gasteiger partial charge on any atom is -0.390 e. The average Bonchev–Trinajstić information content (AvgIpc) is 3.05. The van der Waals surface area contributed by atoms with E-state index in [2.05, 4.69) is 9.71 Å². The first kappa shape index (κ1) is 14.2. The molecule has 0 aliphatic rings. The van der Waals surface area contributed by atoms with Crippen LogP contribution >= 0.6 is 11.3 Å². The fourth-order valence-corrected chi connectivity index (χ4v) is 3.30. The lowest BCUT2D eigenvalue weighted by Crippen LogP contribution is -2.23. The van der Waals surface area contributed by atoms with Gasteiger partial charge in [-0.25, -0.2) is 18.1 Å². The van der Waals surface area contributed by atoms with E-state index in [0.717, 1.165) is 0 Å². The average molecular weight is 301 g/mol. The van der Waals surface area contributed by atoms with Crippen molar-refractivity contribution < 1.29 is 13.5 Å². The van der Waals surface area contributed by atoms with Crippen LogP contribution in [0, 0.1) is 0 Å². The van der Waals surface area contributed by atoms with Gasteiger partial charge in [0.05, 0.1) is 29.3 Å². The second-order valence-corrected chi connectivity index (χ2v) is 6.40. The van der Waals surface area contributed by atoms with Crippen LogP contribution in [0.1, 0.15) is 18.3 Å². The Morgan fingerprint density at radius 3 is 2.84 bits per heavy atom. The number of aliphatic hydroxyl groups is 1. The van der Waals surface area contributed by atoms with Crippen molar-refractivity contribution in [2.24, 2.45) is 0 Å². The van der Waals surface area contributed by atoms with Crippen molar-refractivity contribution in [3.63, 3.8) is 0 Å². The van der Waals surface area contributed by atoms with Crippen molar-refractivity contribution in [1.29, 1.82) is 0 Å². The van der Waals surface area contributed by atoms with Gasteiger partial charge < -0.3 is 9.67 Å². The van der Waals surface area contributed by atoms with Gasteiger partial charge in [-0.2, -0.15) is 0 Å². The summed E-state index contributed by atoms with van der Waals surface area (Å²) >= 11 is 1.42. The van der Waals surface area contributed by atoms with E-state index < -0.39 is 10.0 Å². The lowest BCUT2D eigenvalue weighted by atomic mass is 10.4. The molecule has 0 spiro atoms. The Morgan fingerprint density at radius 1 is 1.53 bits per heavy atom.